The molecule has 1 atom stereocenters. The SMILES string of the molecule is COc1cc(OC)cc(C(=O)NC(C(=O)NCc2ccc(C)s2)C(C)C)c1. The third-order valence-electron chi connectivity index (χ3n) is 4.08. The number of aryl methyl sites for hydroxylation is 1. The highest BCUT2D eigenvalue weighted by Crippen LogP contribution is 2.22. The van der Waals surface area contributed by atoms with Crippen molar-refractivity contribution in [2.45, 2.75) is 33.4 Å². The molecule has 2 N–H and O–H groups in total. The van der Waals surface area contributed by atoms with Gasteiger partial charge >= 0.3 is 0 Å². The van der Waals surface area contributed by atoms with Crippen molar-refractivity contribution in [3.8, 4) is 11.5 Å². The van der Waals surface area contributed by atoms with E-state index in [0.29, 0.717) is 23.6 Å². The molecule has 0 saturated carbocycles. The normalized spacial score (nSPS) is 11.8. The van der Waals surface area contributed by atoms with E-state index in [4.69, 9.17) is 9.47 Å². The zero-order valence-electron chi connectivity index (χ0n) is 16.3. The summed E-state index contributed by atoms with van der Waals surface area (Å²) in [6, 6.07) is 8.28. The van der Waals surface area contributed by atoms with Crippen LogP contribution in [0, 0.1) is 12.8 Å². The van der Waals surface area contributed by atoms with Crippen LogP contribution in [-0.2, 0) is 11.3 Å². The molecule has 1 aromatic heterocycles. The Morgan fingerprint density at radius 2 is 1.70 bits per heavy atom. The van der Waals surface area contributed by atoms with Gasteiger partial charge in [0.1, 0.15) is 17.5 Å². The third kappa shape index (κ3) is 5.72. The maximum atomic E-state index is 12.7. The second-order valence-corrected chi connectivity index (χ2v) is 7.90. The highest BCUT2D eigenvalue weighted by molar-refractivity contribution is 7.11. The Hall–Kier alpha value is -2.54. The van der Waals surface area contributed by atoms with Crippen LogP contribution >= 0.6 is 11.3 Å². The minimum Gasteiger partial charge on any atom is -0.497 e. The minimum atomic E-state index is -0.643. The Morgan fingerprint density at radius 1 is 1.07 bits per heavy atom. The summed E-state index contributed by atoms with van der Waals surface area (Å²) in [6.45, 7) is 6.26. The minimum absolute atomic E-state index is 0.0634. The topological polar surface area (TPSA) is 76.7 Å². The van der Waals surface area contributed by atoms with Gasteiger partial charge in [0.15, 0.2) is 0 Å². The second-order valence-electron chi connectivity index (χ2n) is 6.53. The van der Waals surface area contributed by atoms with Crippen molar-refractivity contribution < 1.29 is 19.1 Å². The molecule has 0 aliphatic rings. The standard InChI is InChI=1S/C20H26N2O4S/c1-12(2)18(20(24)21-11-17-7-6-13(3)27-17)22-19(23)14-8-15(25-4)10-16(9-14)26-5/h6-10,12,18H,11H2,1-5H3,(H,21,24)(H,22,23). The lowest BCUT2D eigenvalue weighted by Crippen LogP contribution is -2.49. The highest BCUT2D eigenvalue weighted by atomic mass is 32.1. The van der Waals surface area contributed by atoms with E-state index < -0.39 is 6.04 Å². The number of methoxy groups -OCH3 is 2. The molecule has 0 aliphatic carbocycles. The molecule has 0 saturated heterocycles. The molecule has 2 rings (SSSR count). The number of rotatable bonds is 8. The van der Waals surface area contributed by atoms with Crippen molar-refractivity contribution in [3.05, 3.63) is 45.6 Å². The summed E-state index contributed by atoms with van der Waals surface area (Å²) < 4.78 is 10.4. The first-order valence-corrected chi connectivity index (χ1v) is 9.52. The van der Waals surface area contributed by atoms with Crippen LogP contribution in [0.4, 0.5) is 0 Å². The predicted octanol–water partition coefficient (Wildman–Crippen LogP) is 3.14. The van der Waals surface area contributed by atoms with Crippen molar-refractivity contribution in [1.82, 2.24) is 10.6 Å². The number of ether oxygens (including phenoxy) is 2. The van der Waals surface area contributed by atoms with Crippen LogP contribution in [0.1, 0.15) is 34.0 Å². The van der Waals surface area contributed by atoms with Gasteiger partial charge in [-0.25, -0.2) is 0 Å². The summed E-state index contributed by atoms with van der Waals surface area (Å²) in [4.78, 5) is 27.6. The molecule has 0 aliphatic heterocycles. The number of thiophene rings is 1. The Balaban J connectivity index is 2.08. The summed E-state index contributed by atoms with van der Waals surface area (Å²) in [6.07, 6.45) is 0. The number of benzene rings is 1. The van der Waals surface area contributed by atoms with Crippen molar-refractivity contribution in [3.63, 3.8) is 0 Å². The Kier molecular flexibility index (Phi) is 7.24. The van der Waals surface area contributed by atoms with Crippen molar-refractivity contribution in [2.75, 3.05) is 14.2 Å². The molecule has 6 nitrogen and oxygen atoms in total. The summed E-state index contributed by atoms with van der Waals surface area (Å²) in [5.41, 5.74) is 0.374. The molecule has 146 valence electrons. The van der Waals surface area contributed by atoms with Gasteiger partial charge < -0.3 is 20.1 Å². The second kappa shape index (κ2) is 9.41. The van der Waals surface area contributed by atoms with E-state index in [1.807, 2.05) is 32.9 Å². The van der Waals surface area contributed by atoms with E-state index in [9.17, 15) is 9.59 Å². The van der Waals surface area contributed by atoms with Gasteiger partial charge in [0.05, 0.1) is 20.8 Å². The zero-order chi connectivity index (χ0) is 20.0. The van der Waals surface area contributed by atoms with Crippen LogP contribution in [0.2, 0.25) is 0 Å². The van der Waals surface area contributed by atoms with E-state index in [-0.39, 0.29) is 17.7 Å². The molecule has 2 aromatic rings. The first-order valence-electron chi connectivity index (χ1n) is 8.71. The smallest absolute Gasteiger partial charge is 0.252 e. The number of carbonyl (C=O) groups is 2. The fourth-order valence-electron chi connectivity index (χ4n) is 2.56. The first-order chi connectivity index (χ1) is 12.8. The summed E-state index contributed by atoms with van der Waals surface area (Å²) >= 11 is 1.64. The summed E-state index contributed by atoms with van der Waals surface area (Å²) in [5.74, 6) is 0.398. The van der Waals surface area contributed by atoms with Gasteiger partial charge in [-0.1, -0.05) is 13.8 Å². The van der Waals surface area contributed by atoms with Crippen LogP contribution < -0.4 is 20.1 Å². The van der Waals surface area contributed by atoms with Crippen LogP contribution in [0.5, 0.6) is 11.5 Å². The number of nitrogens with one attached hydrogen (secondary N) is 2. The monoisotopic (exact) mass is 390 g/mol. The third-order valence-corrected chi connectivity index (χ3v) is 5.08. The summed E-state index contributed by atoms with van der Waals surface area (Å²) in [7, 11) is 3.04. The fourth-order valence-corrected chi connectivity index (χ4v) is 3.39. The Bertz CT molecular complexity index is 779. The highest BCUT2D eigenvalue weighted by Gasteiger charge is 2.25. The van der Waals surface area contributed by atoms with Gasteiger partial charge in [-0.3, -0.25) is 9.59 Å². The molecule has 0 fully saturated rings. The molecular formula is C20H26N2O4S. The zero-order valence-corrected chi connectivity index (χ0v) is 17.1. The van der Waals surface area contributed by atoms with E-state index in [0.717, 1.165) is 4.88 Å². The molecule has 1 aromatic carbocycles. The molecular weight excluding hydrogens is 364 g/mol. The van der Waals surface area contributed by atoms with Crippen molar-refractivity contribution in [1.29, 1.82) is 0 Å². The van der Waals surface area contributed by atoms with Gasteiger partial charge in [-0.05, 0) is 37.1 Å². The molecule has 0 radical (unpaired) electrons. The van der Waals surface area contributed by atoms with E-state index in [1.54, 1.807) is 29.5 Å². The predicted molar refractivity (Wildman–Crippen MR) is 107 cm³/mol. The molecule has 1 heterocycles. The first kappa shape index (κ1) is 20.8. The average Bonchev–Trinajstić information content (AvgIpc) is 3.08. The van der Waals surface area contributed by atoms with Gasteiger partial charge in [0.25, 0.3) is 5.91 Å². The number of carbonyl (C=O) groups excluding carboxylic acids is 2. The number of hydrogen-bond acceptors (Lipinski definition) is 5. The van der Waals surface area contributed by atoms with Crippen LogP contribution in [-0.4, -0.2) is 32.1 Å². The Labute approximate surface area is 163 Å². The van der Waals surface area contributed by atoms with Crippen LogP contribution in [0.25, 0.3) is 0 Å². The van der Waals surface area contributed by atoms with Crippen molar-refractivity contribution in [2.24, 2.45) is 5.92 Å². The average molecular weight is 391 g/mol. The lowest BCUT2D eigenvalue weighted by atomic mass is 10.0. The number of amides is 2. The van der Waals surface area contributed by atoms with Crippen LogP contribution in [0.15, 0.2) is 30.3 Å². The van der Waals surface area contributed by atoms with Gasteiger partial charge in [0, 0.05) is 21.4 Å². The van der Waals surface area contributed by atoms with Gasteiger partial charge in [-0.15, -0.1) is 11.3 Å². The van der Waals surface area contributed by atoms with Gasteiger partial charge in [-0.2, -0.15) is 0 Å². The van der Waals surface area contributed by atoms with Crippen LogP contribution in [0.3, 0.4) is 0 Å². The maximum absolute atomic E-state index is 12.7. The lowest BCUT2D eigenvalue weighted by molar-refractivity contribution is -0.124. The molecule has 2 amide bonds. The molecule has 0 bridgehead atoms. The van der Waals surface area contributed by atoms with Gasteiger partial charge in [0.2, 0.25) is 5.91 Å². The van der Waals surface area contributed by atoms with E-state index >= 15 is 0 Å². The Morgan fingerprint density at radius 3 is 2.19 bits per heavy atom. The summed E-state index contributed by atoms with van der Waals surface area (Å²) in [5, 5.41) is 5.72. The molecule has 27 heavy (non-hydrogen) atoms. The fraction of sp³-hybridized carbons (Fsp3) is 0.400. The molecule has 7 heteroatoms. The maximum Gasteiger partial charge on any atom is 0.252 e. The van der Waals surface area contributed by atoms with E-state index in [1.165, 1.54) is 19.1 Å². The number of hydrogen-bond donors (Lipinski definition) is 2. The van der Waals surface area contributed by atoms with E-state index in [2.05, 4.69) is 10.6 Å². The molecule has 1 unspecified atom stereocenters. The lowest BCUT2D eigenvalue weighted by Gasteiger charge is -2.22. The molecule has 0 spiro atoms. The largest absolute Gasteiger partial charge is 0.497 e. The quantitative estimate of drug-likeness (QED) is 0.726. The van der Waals surface area contributed by atoms with Crippen molar-refractivity contribution >= 4 is 23.2 Å².